The predicted octanol–water partition coefficient (Wildman–Crippen LogP) is 1.92. The number of benzene rings is 1. The fraction of sp³-hybridized carbons (Fsp3) is 0.471. The van der Waals surface area contributed by atoms with Gasteiger partial charge in [0.15, 0.2) is 0 Å². The van der Waals surface area contributed by atoms with Crippen molar-refractivity contribution in [3.8, 4) is 5.75 Å². The normalized spacial score (nSPS) is 22.6. The number of hydrogen-bond acceptors (Lipinski definition) is 4. The summed E-state index contributed by atoms with van der Waals surface area (Å²) in [5.74, 6) is -1.50. The minimum atomic E-state index is -4.85. The molecule has 0 radical (unpaired) electrons. The molecule has 1 atom stereocenters. The second kappa shape index (κ2) is 6.75. The number of imide groups is 1. The summed E-state index contributed by atoms with van der Waals surface area (Å²) in [6.07, 6.45) is -3.19. The van der Waals surface area contributed by atoms with Gasteiger partial charge in [-0.1, -0.05) is 18.2 Å². The van der Waals surface area contributed by atoms with Crippen LogP contribution in [0.5, 0.6) is 5.75 Å². The fourth-order valence-corrected chi connectivity index (χ4v) is 3.06. The topological polar surface area (TPSA) is 87.7 Å². The van der Waals surface area contributed by atoms with Crippen LogP contribution in [0.1, 0.15) is 25.3 Å². The fourth-order valence-electron chi connectivity index (χ4n) is 3.06. The van der Waals surface area contributed by atoms with Crippen molar-refractivity contribution >= 4 is 17.8 Å². The molecule has 3 rings (SSSR count). The summed E-state index contributed by atoms with van der Waals surface area (Å²) in [6, 6.07) is 4.74. The maximum Gasteiger partial charge on any atom is 0.573 e. The molecule has 1 aliphatic carbocycles. The Labute approximate surface area is 152 Å². The van der Waals surface area contributed by atoms with Gasteiger partial charge in [0.25, 0.3) is 5.91 Å². The minimum absolute atomic E-state index is 0.0633. The van der Waals surface area contributed by atoms with E-state index >= 15 is 0 Å². The van der Waals surface area contributed by atoms with Gasteiger partial charge in [-0.05, 0) is 31.7 Å². The van der Waals surface area contributed by atoms with Crippen molar-refractivity contribution in [2.75, 3.05) is 6.54 Å². The highest BCUT2D eigenvalue weighted by Crippen LogP contribution is 2.42. The molecule has 1 saturated carbocycles. The van der Waals surface area contributed by atoms with Crippen LogP contribution >= 0.6 is 0 Å². The quantitative estimate of drug-likeness (QED) is 0.733. The highest BCUT2D eigenvalue weighted by Gasteiger charge is 2.56. The number of ether oxygens (including phenoxy) is 1. The zero-order valence-electron chi connectivity index (χ0n) is 14.4. The highest BCUT2D eigenvalue weighted by atomic mass is 19.4. The summed E-state index contributed by atoms with van der Waals surface area (Å²) in [6.45, 7) is 0.886. The predicted molar refractivity (Wildman–Crippen MR) is 86.3 cm³/mol. The number of rotatable bonds is 6. The number of alkyl halides is 3. The lowest BCUT2D eigenvalue weighted by atomic mass is 9.96. The van der Waals surface area contributed by atoms with E-state index in [-0.39, 0.29) is 18.0 Å². The Balaban J connectivity index is 1.59. The van der Waals surface area contributed by atoms with Crippen LogP contribution in [-0.2, 0) is 16.1 Å². The van der Waals surface area contributed by atoms with Gasteiger partial charge in [-0.2, -0.15) is 0 Å². The monoisotopic (exact) mass is 385 g/mol. The summed E-state index contributed by atoms with van der Waals surface area (Å²) in [5, 5.41) is 5.02. The van der Waals surface area contributed by atoms with Gasteiger partial charge >= 0.3 is 12.4 Å². The molecule has 1 aliphatic heterocycles. The van der Waals surface area contributed by atoms with Crippen LogP contribution in [0, 0.1) is 5.92 Å². The largest absolute Gasteiger partial charge is 0.573 e. The molecule has 27 heavy (non-hydrogen) atoms. The van der Waals surface area contributed by atoms with Crippen molar-refractivity contribution in [2.24, 2.45) is 5.92 Å². The van der Waals surface area contributed by atoms with Crippen molar-refractivity contribution in [3.05, 3.63) is 29.8 Å². The van der Waals surface area contributed by atoms with Crippen LogP contribution in [0.15, 0.2) is 24.3 Å². The summed E-state index contributed by atoms with van der Waals surface area (Å²) in [5.41, 5.74) is -0.881. The molecule has 4 amide bonds. The van der Waals surface area contributed by atoms with Crippen molar-refractivity contribution in [3.63, 3.8) is 0 Å². The number of carbonyl (C=O) groups excluding carboxylic acids is 3. The number of para-hydroxylation sites is 1. The molecule has 0 bridgehead atoms. The van der Waals surface area contributed by atoms with Crippen molar-refractivity contribution < 1.29 is 32.3 Å². The van der Waals surface area contributed by atoms with Crippen LogP contribution in [0.25, 0.3) is 0 Å². The van der Waals surface area contributed by atoms with E-state index in [0.29, 0.717) is 0 Å². The lowest BCUT2D eigenvalue weighted by molar-refractivity contribution is -0.274. The molecular formula is C17H18F3N3O4. The number of carbonyl (C=O) groups is 3. The number of urea groups is 1. The molecule has 2 N–H and O–H groups in total. The molecule has 1 aromatic rings. The van der Waals surface area contributed by atoms with E-state index in [0.717, 1.165) is 23.8 Å². The molecule has 1 heterocycles. The van der Waals surface area contributed by atoms with E-state index in [2.05, 4.69) is 15.4 Å². The standard InChI is InChI=1S/C17H18F3N3O4/c1-16(11-6-7-11)14(25)23(15(26)22-16)9-13(24)21-8-10-4-2-3-5-12(10)27-17(18,19)20/h2-5,11H,6-9H2,1H3,(H,21,24)(H,22,26)/t16-/m0/s1. The first-order valence-electron chi connectivity index (χ1n) is 8.34. The second-order valence-corrected chi connectivity index (χ2v) is 6.73. The minimum Gasteiger partial charge on any atom is -0.405 e. The summed E-state index contributed by atoms with van der Waals surface area (Å²) in [4.78, 5) is 37.4. The van der Waals surface area contributed by atoms with Crippen LogP contribution in [0.4, 0.5) is 18.0 Å². The molecule has 146 valence electrons. The summed E-state index contributed by atoms with van der Waals surface area (Å²) in [7, 11) is 0. The Morgan fingerprint density at radius 3 is 2.63 bits per heavy atom. The van der Waals surface area contributed by atoms with E-state index in [1.165, 1.54) is 18.2 Å². The van der Waals surface area contributed by atoms with Gasteiger partial charge in [0.2, 0.25) is 5.91 Å². The zero-order chi connectivity index (χ0) is 19.8. The van der Waals surface area contributed by atoms with Gasteiger partial charge < -0.3 is 15.4 Å². The van der Waals surface area contributed by atoms with E-state index in [9.17, 15) is 27.6 Å². The van der Waals surface area contributed by atoms with Crippen LogP contribution in [0.2, 0.25) is 0 Å². The first kappa shape index (κ1) is 19.0. The maximum absolute atomic E-state index is 12.5. The van der Waals surface area contributed by atoms with Gasteiger partial charge in [0.05, 0.1) is 0 Å². The van der Waals surface area contributed by atoms with Crippen LogP contribution in [-0.4, -0.2) is 41.2 Å². The molecule has 2 aliphatic rings. The van der Waals surface area contributed by atoms with Crippen LogP contribution in [0.3, 0.4) is 0 Å². The number of halogens is 3. The molecule has 1 aromatic carbocycles. The zero-order valence-corrected chi connectivity index (χ0v) is 14.4. The van der Waals surface area contributed by atoms with Crippen molar-refractivity contribution in [1.82, 2.24) is 15.5 Å². The Morgan fingerprint density at radius 1 is 1.33 bits per heavy atom. The lowest BCUT2D eigenvalue weighted by Crippen LogP contribution is -2.46. The molecule has 0 unspecified atom stereocenters. The van der Waals surface area contributed by atoms with Gasteiger partial charge in [0.1, 0.15) is 17.8 Å². The third kappa shape index (κ3) is 4.15. The number of nitrogens with one attached hydrogen (secondary N) is 2. The lowest BCUT2D eigenvalue weighted by Gasteiger charge is -2.20. The smallest absolute Gasteiger partial charge is 0.405 e. The second-order valence-electron chi connectivity index (χ2n) is 6.73. The molecule has 10 heteroatoms. The van der Waals surface area contributed by atoms with E-state index in [1.54, 1.807) is 6.92 Å². The summed E-state index contributed by atoms with van der Waals surface area (Å²) < 4.78 is 41.2. The van der Waals surface area contributed by atoms with E-state index in [4.69, 9.17) is 0 Å². The van der Waals surface area contributed by atoms with E-state index < -0.39 is 42.0 Å². The molecule has 7 nitrogen and oxygen atoms in total. The highest BCUT2D eigenvalue weighted by molar-refractivity contribution is 6.09. The average Bonchev–Trinajstić information content (AvgIpc) is 3.39. The third-order valence-corrected chi connectivity index (χ3v) is 4.67. The van der Waals surface area contributed by atoms with Gasteiger partial charge in [-0.15, -0.1) is 13.2 Å². The number of hydrogen-bond donors (Lipinski definition) is 2. The number of amides is 4. The molecule has 2 fully saturated rings. The van der Waals surface area contributed by atoms with Crippen molar-refractivity contribution in [2.45, 2.75) is 38.2 Å². The molecule has 0 spiro atoms. The molecular weight excluding hydrogens is 367 g/mol. The van der Waals surface area contributed by atoms with Crippen molar-refractivity contribution in [1.29, 1.82) is 0 Å². The Hall–Kier alpha value is -2.78. The average molecular weight is 385 g/mol. The SMILES string of the molecule is C[C@@]1(C2CC2)NC(=O)N(CC(=O)NCc2ccccc2OC(F)(F)F)C1=O. The molecule has 0 aromatic heterocycles. The first-order chi connectivity index (χ1) is 12.6. The van der Waals surface area contributed by atoms with Gasteiger partial charge in [-0.3, -0.25) is 14.5 Å². The third-order valence-electron chi connectivity index (χ3n) is 4.67. The molecule has 1 saturated heterocycles. The Morgan fingerprint density at radius 2 is 2.00 bits per heavy atom. The number of nitrogens with zero attached hydrogens (tertiary/aromatic N) is 1. The van der Waals surface area contributed by atoms with Crippen LogP contribution < -0.4 is 15.4 Å². The summed E-state index contributed by atoms with van der Waals surface area (Å²) >= 11 is 0. The Bertz CT molecular complexity index is 779. The van der Waals surface area contributed by atoms with Gasteiger partial charge in [-0.25, -0.2) is 4.79 Å². The Kier molecular flexibility index (Phi) is 4.75. The first-order valence-corrected chi connectivity index (χ1v) is 8.34. The van der Waals surface area contributed by atoms with E-state index in [1.807, 2.05) is 0 Å². The maximum atomic E-state index is 12.5. The van der Waals surface area contributed by atoms with Gasteiger partial charge in [0, 0.05) is 12.1 Å².